The molecule has 0 saturated carbocycles. The van der Waals surface area contributed by atoms with Crippen LogP contribution in [-0.2, 0) is 6.54 Å². The van der Waals surface area contributed by atoms with E-state index in [1.54, 1.807) is 0 Å². The van der Waals surface area contributed by atoms with E-state index >= 15 is 0 Å². The molecule has 1 saturated heterocycles. The monoisotopic (exact) mass is 279 g/mol. The number of likely N-dealkylation sites (N-methyl/N-ethyl adjacent to an activating group) is 1. The predicted octanol–water partition coefficient (Wildman–Crippen LogP) is 2.40. The number of hydrogen-bond acceptors (Lipinski definition) is 4. The molecule has 1 aromatic carbocycles. The highest BCUT2D eigenvalue weighted by Crippen LogP contribution is 2.31. The van der Waals surface area contributed by atoms with Crippen LogP contribution >= 0.6 is 11.8 Å². The second-order valence-corrected chi connectivity index (χ2v) is 6.47. The number of benzene rings is 1. The summed E-state index contributed by atoms with van der Waals surface area (Å²) in [6.45, 7) is 8.40. The lowest BCUT2D eigenvalue weighted by molar-refractivity contribution is 0.234. The van der Waals surface area contributed by atoms with Crippen LogP contribution in [0.5, 0.6) is 0 Å². The molecular weight excluding hydrogens is 254 g/mol. The Balaban J connectivity index is 2.26. The lowest BCUT2D eigenvalue weighted by atomic mass is 10.1. The van der Waals surface area contributed by atoms with Crippen molar-refractivity contribution in [3.8, 4) is 0 Å². The molecule has 4 heteroatoms. The zero-order valence-electron chi connectivity index (χ0n) is 12.2. The summed E-state index contributed by atoms with van der Waals surface area (Å²) in [7, 11) is 2.20. The third-order valence-electron chi connectivity index (χ3n) is 3.91. The third-order valence-corrected chi connectivity index (χ3v) is 4.89. The van der Waals surface area contributed by atoms with Crippen LogP contribution in [0.3, 0.4) is 0 Å². The molecule has 1 aliphatic rings. The van der Waals surface area contributed by atoms with Gasteiger partial charge in [0.1, 0.15) is 0 Å². The summed E-state index contributed by atoms with van der Waals surface area (Å²) < 4.78 is 0. The van der Waals surface area contributed by atoms with Crippen LogP contribution in [0.2, 0.25) is 0 Å². The second kappa shape index (κ2) is 6.64. The number of rotatable bonds is 4. The van der Waals surface area contributed by atoms with Gasteiger partial charge in [-0.1, -0.05) is 13.0 Å². The second-order valence-electron chi connectivity index (χ2n) is 5.17. The van der Waals surface area contributed by atoms with Crippen LogP contribution in [0.4, 0.5) is 5.69 Å². The minimum absolute atomic E-state index is 0.599. The minimum Gasteiger partial charge on any atom is -0.368 e. The van der Waals surface area contributed by atoms with E-state index in [2.05, 4.69) is 48.9 Å². The average Bonchev–Trinajstić information content (AvgIpc) is 2.42. The Labute approximate surface area is 121 Å². The highest BCUT2D eigenvalue weighted by atomic mass is 32.2. The Kier molecular flexibility index (Phi) is 5.13. The molecule has 0 aromatic heterocycles. The largest absolute Gasteiger partial charge is 0.368 e. The molecule has 1 aliphatic heterocycles. The number of hydrogen-bond donors (Lipinski definition) is 1. The van der Waals surface area contributed by atoms with Gasteiger partial charge in [0.05, 0.1) is 0 Å². The minimum atomic E-state index is 0.599. The summed E-state index contributed by atoms with van der Waals surface area (Å²) in [6.07, 6.45) is 0. The molecule has 1 unspecified atom stereocenters. The first-order chi connectivity index (χ1) is 9.17. The number of nitrogens with zero attached hydrogens (tertiary/aromatic N) is 2. The summed E-state index contributed by atoms with van der Waals surface area (Å²) in [5.41, 5.74) is 8.65. The van der Waals surface area contributed by atoms with Gasteiger partial charge in [0.15, 0.2) is 0 Å². The van der Waals surface area contributed by atoms with E-state index < -0.39 is 0 Å². The van der Waals surface area contributed by atoms with Crippen molar-refractivity contribution in [1.82, 2.24) is 4.90 Å². The summed E-state index contributed by atoms with van der Waals surface area (Å²) in [4.78, 5) is 6.25. The van der Waals surface area contributed by atoms with Crippen LogP contribution < -0.4 is 10.6 Å². The maximum absolute atomic E-state index is 6.00. The van der Waals surface area contributed by atoms with Crippen molar-refractivity contribution in [2.75, 3.05) is 37.3 Å². The molecule has 2 N–H and O–H groups in total. The SMILES string of the molecule is CCSc1cccc(N2CCN(C)C(C)C2)c1CN. The van der Waals surface area contributed by atoms with Crippen molar-refractivity contribution in [2.45, 2.75) is 31.3 Å². The Hall–Kier alpha value is -0.710. The van der Waals surface area contributed by atoms with Crippen molar-refractivity contribution in [3.63, 3.8) is 0 Å². The molecule has 0 aliphatic carbocycles. The fourth-order valence-electron chi connectivity index (χ4n) is 2.61. The molecule has 19 heavy (non-hydrogen) atoms. The van der Waals surface area contributed by atoms with Crippen molar-refractivity contribution < 1.29 is 0 Å². The standard InChI is InChI=1S/C15H25N3S/c1-4-19-15-7-5-6-14(13(15)10-16)18-9-8-17(3)12(2)11-18/h5-7,12H,4,8-11,16H2,1-3H3. The molecule has 2 rings (SSSR count). The first kappa shape index (κ1) is 14.7. The molecule has 0 bridgehead atoms. The fourth-order valence-corrected chi connectivity index (χ4v) is 3.46. The van der Waals surface area contributed by atoms with Crippen LogP contribution in [0.1, 0.15) is 19.4 Å². The quantitative estimate of drug-likeness (QED) is 0.858. The fraction of sp³-hybridized carbons (Fsp3) is 0.600. The van der Waals surface area contributed by atoms with E-state index in [9.17, 15) is 0 Å². The Bertz CT molecular complexity index is 422. The van der Waals surface area contributed by atoms with Gasteiger partial charge in [-0.3, -0.25) is 0 Å². The summed E-state index contributed by atoms with van der Waals surface area (Å²) >= 11 is 1.89. The van der Waals surface area contributed by atoms with E-state index in [1.807, 2.05) is 11.8 Å². The highest BCUT2D eigenvalue weighted by molar-refractivity contribution is 7.99. The third kappa shape index (κ3) is 3.25. The van der Waals surface area contributed by atoms with Crippen LogP contribution in [0.15, 0.2) is 23.1 Å². The molecule has 0 amide bonds. The van der Waals surface area contributed by atoms with E-state index in [1.165, 1.54) is 16.1 Å². The van der Waals surface area contributed by atoms with Gasteiger partial charge in [-0.15, -0.1) is 11.8 Å². The highest BCUT2D eigenvalue weighted by Gasteiger charge is 2.22. The normalized spacial score (nSPS) is 20.8. The molecular formula is C15H25N3S. The summed E-state index contributed by atoms with van der Waals surface area (Å²) in [5, 5.41) is 0. The van der Waals surface area contributed by atoms with Crippen molar-refractivity contribution in [2.24, 2.45) is 5.73 Å². The van der Waals surface area contributed by atoms with Gasteiger partial charge in [0, 0.05) is 48.4 Å². The van der Waals surface area contributed by atoms with E-state index in [0.29, 0.717) is 12.6 Å². The molecule has 1 fully saturated rings. The maximum Gasteiger partial charge on any atom is 0.0424 e. The first-order valence-corrected chi connectivity index (χ1v) is 8.05. The number of nitrogens with two attached hydrogens (primary N) is 1. The van der Waals surface area contributed by atoms with Crippen molar-refractivity contribution in [1.29, 1.82) is 0 Å². The number of anilines is 1. The number of thioether (sulfide) groups is 1. The van der Waals surface area contributed by atoms with Gasteiger partial charge in [-0.05, 0) is 31.9 Å². The summed E-state index contributed by atoms with van der Waals surface area (Å²) in [5.74, 6) is 1.09. The molecule has 1 aromatic rings. The van der Waals surface area contributed by atoms with Crippen LogP contribution in [0.25, 0.3) is 0 Å². The van der Waals surface area contributed by atoms with E-state index in [-0.39, 0.29) is 0 Å². The smallest absolute Gasteiger partial charge is 0.0424 e. The zero-order valence-corrected chi connectivity index (χ0v) is 13.0. The summed E-state index contributed by atoms with van der Waals surface area (Å²) in [6, 6.07) is 7.18. The molecule has 3 nitrogen and oxygen atoms in total. The van der Waals surface area contributed by atoms with Crippen LogP contribution in [0, 0.1) is 0 Å². The predicted molar refractivity (Wildman–Crippen MR) is 85.0 cm³/mol. The van der Waals surface area contributed by atoms with Gasteiger partial charge in [0.2, 0.25) is 0 Å². The molecule has 106 valence electrons. The average molecular weight is 279 g/mol. The maximum atomic E-state index is 6.00. The van der Waals surface area contributed by atoms with Gasteiger partial charge in [0.25, 0.3) is 0 Å². The molecule has 1 atom stereocenters. The molecule has 0 spiro atoms. The van der Waals surface area contributed by atoms with Gasteiger partial charge in [-0.2, -0.15) is 0 Å². The van der Waals surface area contributed by atoms with Crippen molar-refractivity contribution >= 4 is 17.4 Å². The topological polar surface area (TPSA) is 32.5 Å². The zero-order chi connectivity index (χ0) is 13.8. The van der Waals surface area contributed by atoms with Gasteiger partial charge in [-0.25, -0.2) is 0 Å². The van der Waals surface area contributed by atoms with E-state index in [0.717, 1.165) is 25.4 Å². The lowest BCUT2D eigenvalue weighted by Crippen LogP contribution is -2.50. The van der Waals surface area contributed by atoms with Gasteiger partial charge < -0.3 is 15.5 Å². The lowest BCUT2D eigenvalue weighted by Gasteiger charge is -2.40. The van der Waals surface area contributed by atoms with Gasteiger partial charge >= 0.3 is 0 Å². The Morgan fingerprint density at radius 2 is 2.16 bits per heavy atom. The molecule has 1 heterocycles. The van der Waals surface area contributed by atoms with Crippen molar-refractivity contribution in [3.05, 3.63) is 23.8 Å². The Morgan fingerprint density at radius 1 is 1.37 bits per heavy atom. The number of piperazine rings is 1. The molecule has 0 radical (unpaired) electrons. The first-order valence-electron chi connectivity index (χ1n) is 7.07. The Morgan fingerprint density at radius 3 is 2.79 bits per heavy atom. The van der Waals surface area contributed by atoms with Crippen LogP contribution in [-0.4, -0.2) is 43.4 Å². The van der Waals surface area contributed by atoms with E-state index in [4.69, 9.17) is 5.73 Å².